The van der Waals surface area contributed by atoms with Crippen LogP contribution in [0.1, 0.15) is 22.3 Å². The lowest BCUT2D eigenvalue weighted by atomic mass is 10.0. The summed E-state index contributed by atoms with van der Waals surface area (Å²) in [5.74, 6) is 0. The largest absolute Gasteiger partial charge is 0.249 e. The minimum Gasteiger partial charge on any atom is -0.249 e. The third-order valence-corrected chi connectivity index (χ3v) is 3.33. The standard InChI is InChI=1S/C18H14N4/c19-11-16-7-9-17(8-6-15-4-2-1-3-5-15)18(10-16)12-22-14-20-13-21-22/h1-10,13-14H,12H2/b8-6+. The lowest BCUT2D eigenvalue weighted by Crippen LogP contribution is -2.02. The molecule has 0 radical (unpaired) electrons. The van der Waals surface area contributed by atoms with Crippen LogP contribution in [0.15, 0.2) is 61.2 Å². The van der Waals surface area contributed by atoms with Crippen LogP contribution in [-0.2, 0) is 6.54 Å². The number of nitriles is 1. The normalized spacial score (nSPS) is 10.7. The van der Waals surface area contributed by atoms with Gasteiger partial charge in [-0.15, -0.1) is 0 Å². The zero-order valence-corrected chi connectivity index (χ0v) is 11.9. The summed E-state index contributed by atoms with van der Waals surface area (Å²) in [6, 6.07) is 18.0. The fraction of sp³-hybridized carbons (Fsp3) is 0.0556. The number of nitrogens with zero attached hydrogens (tertiary/aromatic N) is 4. The van der Waals surface area contributed by atoms with Gasteiger partial charge in [-0.05, 0) is 28.8 Å². The summed E-state index contributed by atoms with van der Waals surface area (Å²) in [5.41, 5.74) is 3.89. The smallest absolute Gasteiger partial charge is 0.137 e. The molecule has 0 saturated heterocycles. The van der Waals surface area contributed by atoms with Crippen molar-refractivity contribution in [3.8, 4) is 6.07 Å². The van der Waals surface area contributed by atoms with Crippen molar-refractivity contribution in [1.29, 1.82) is 5.26 Å². The van der Waals surface area contributed by atoms with Crippen molar-refractivity contribution in [2.24, 2.45) is 0 Å². The second-order valence-corrected chi connectivity index (χ2v) is 4.86. The molecule has 4 heteroatoms. The van der Waals surface area contributed by atoms with E-state index in [2.05, 4.69) is 40.4 Å². The van der Waals surface area contributed by atoms with Gasteiger partial charge in [0.1, 0.15) is 12.7 Å². The summed E-state index contributed by atoms with van der Waals surface area (Å²) in [6.45, 7) is 0.587. The van der Waals surface area contributed by atoms with E-state index in [9.17, 15) is 0 Å². The first kappa shape index (κ1) is 13.8. The molecule has 0 saturated carbocycles. The predicted octanol–water partition coefficient (Wildman–Crippen LogP) is 3.37. The molecule has 2 aromatic carbocycles. The van der Waals surface area contributed by atoms with E-state index < -0.39 is 0 Å². The fourth-order valence-electron chi connectivity index (χ4n) is 2.21. The van der Waals surface area contributed by atoms with E-state index in [1.807, 2.05) is 36.4 Å². The Labute approximate surface area is 129 Å². The Morgan fingerprint density at radius 2 is 1.95 bits per heavy atom. The van der Waals surface area contributed by atoms with E-state index >= 15 is 0 Å². The molecule has 0 spiro atoms. The third-order valence-electron chi connectivity index (χ3n) is 3.33. The molecule has 0 aliphatic carbocycles. The van der Waals surface area contributed by atoms with Crippen LogP contribution in [-0.4, -0.2) is 14.8 Å². The van der Waals surface area contributed by atoms with E-state index in [1.165, 1.54) is 6.33 Å². The van der Waals surface area contributed by atoms with Gasteiger partial charge in [-0.25, -0.2) is 9.67 Å². The Morgan fingerprint density at radius 3 is 2.68 bits per heavy atom. The second-order valence-electron chi connectivity index (χ2n) is 4.86. The molecule has 1 heterocycles. The van der Waals surface area contributed by atoms with Crippen molar-refractivity contribution < 1.29 is 0 Å². The molecular weight excluding hydrogens is 272 g/mol. The Kier molecular flexibility index (Phi) is 4.08. The molecule has 4 nitrogen and oxygen atoms in total. The summed E-state index contributed by atoms with van der Waals surface area (Å²) in [4.78, 5) is 3.95. The fourth-order valence-corrected chi connectivity index (χ4v) is 2.21. The average molecular weight is 286 g/mol. The maximum Gasteiger partial charge on any atom is 0.137 e. The van der Waals surface area contributed by atoms with Crippen molar-refractivity contribution >= 4 is 12.2 Å². The minimum absolute atomic E-state index is 0.587. The molecule has 3 aromatic rings. The van der Waals surface area contributed by atoms with Crippen molar-refractivity contribution in [2.75, 3.05) is 0 Å². The molecule has 0 amide bonds. The lowest BCUT2D eigenvalue weighted by Gasteiger charge is -2.07. The molecule has 0 aliphatic rings. The number of hydrogen-bond donors (Lipinski definition) is 0. The van der Waals surface area contributed by atoms with Crippen molar-refractivity contribution in [3.05, 3.63) is 83.4 Å². The molecule has 0 fully saturated rings. The summed E-state index contributed by atoms with van der Waals surface area (Å²) in [5, 5.41) is 13.2. The minimum atomic E-state index is 0.587. The molecule has 0 aliphatic heterocycles. The Hall–Kier alpha value is -3.19. The van der Waals surface area contributed by atoms with Crippen LogP contribution >= 0.6 is 0 Å². The first-order valence-corrected chi connectivity index (χ1v) is 6.94. The van der Waals surface area contributed by atoms with E-state index in [-0.39, 0.29) is 0 Å². The first-order valence-electron chi connectivity index (χ1n) is 6.94. The number of hydrogen-bond acceptors (Lipinski definition) is 3. The number of aromatic nitrogens is 3. The van der Waals surface area contributed by atoms with Crippen LogP contribution in [0, 0.1) is 11.3 Å². The monoisotopic (exact) mass is 286 g/mol. The molecular formula is C18H14N4. The quantitative estimate of drug-likeness (QED) is 0.691. The Bertz CT molecular complexity index is 812. The molecule has 1 aromatic heterocycles. The van der Waals surface area contributed by atoms with E-state index in [4.69, 9.17) is 5.26 Å². The van der Waals surface area contributed by atoms with Gasteiger partial charge in [0.05, 0.1) is 18.2 Å². The summed E-state index contributed by atoms with van der Waals surface area (Å²) >= 11 is 0. The predicted molar refractivity (Wildman–Crippen MR) is 85.7 cm³/mol. The first-order chi connectivity index (χ1) is 10.8. The Balaban J connectivity index is 1.93. The highest BCUT2D eigenvalue weighted by molar-refractivity contribution is 5.71. The van der Waals surface area contributed by atoms with Gasteiger partial charge in [-0.3, -0.25) is 0 Å². The average Bonchev–Trinajstić information content (AvgIpc) is 3.07. The maximum atomic E-state index is 9.08. The zero-order valence-electron chi connectivity index (χ0n) is 11.9. The van der Waals surface area contributed by atoms with Crippen LogP contribution < -0.4 is 0 Å². The topological polar surface area (TPSA) is 54.5 Å². The second kappa shape index (κ2) is 6.51. The van der Waals surface area contributed by atoms with Crippen LogP contribution in [0.2, 0.25) is 0 Å². The summed E-state index contributed by atoms with van der Waals surface area (Å²) in [7, 11) is 0. The van der Waals surface area contributed by atoms with Crippen LogP contribution in [0.5, 0.6) is 0 Å². The van der Waals surface area contributed by atoms with Gasteiger partial charge in [0, 0.05) is 0 Å². The van der Waals surface area contributed by atoms with Gasteiger partial charge < -0.3 is 0 Å². The number of rotatable bonds is 4. The van der Waals surface area contributed by atoms with Gasteiger partial charge in [0.25, 0.3) is 0 Å². The van der Waals surface area contributed by atoms with Crippen molar-refractivity contribution in [3.63, 3.8) is 0 Å². The molecule has 0 bridgehead atoms. The summed E-state index contributed by atoms with van der Waals surface area (Å²) < 4.78 is 1.75. The van der Waals surface area contributed by atoms with Crippen LogP contribution in [0.25, 0.3) is 12.2 Å². The highest BCUT2D eigenvalue weighted by atomic mass is 15.3. The van der Waals surface area contributed by atoms with Crippen LogP contribution in [0.4, 0.5) is 0 Å². The van der Waals surface area contributed by atoms with E-state index in [0.717, 1.165) is 16.7 Å². The van der Waals surface area contributed by atoms with Gasteiger partial charge in [-0.1, -0.05) is 48.6 Å². The molecule has 106 valence electrons. The summed E-state index contributed by atoms with van der Waals surface area (Å²) in [6.07, 6.45) is 7.30. The zero-order chi connectivity index (χ0) is 15.2. The van der Waals surface area contributed by atoms with Gasteiger partial charge in [0.2, 0.25) is 0 Å². The highest BCUT2D eigenvalue weighted by Gasteiger charge is 2.03. The highest BCUT2D eigenvalue weighted by Crippen LogP contribution is 2.16. The van der Waals surface area contributed by atoms with Gasteiger partial charge in [0.15, 0.2) is 0 Å². The van der Waals surface area contributed by atoms with Crippen LogP contribution in [0.3, 0.4) is 0 Å². The number of benzene rings is 2. The van der Waals surface area contributed by atoms with E-state index in [0.29, 0.717) is 12.1 Å². The van der Waals surface area contributed by atoms with Crippen molar-refractivity contribution in [2.45, 2.75) is 6.54 Å². The van der Waals surface area contributed by atoms with Gasteiger partial charge in [-0.2, -0.15) is 10.4 Å². The maximum absolute atomic E-state index is 9.08. The molecule has 22 heavy (non-hydrogen) atoms. The molecule has 3 rings (SSSR count). The molecule has 0 N–H and O–H groups in total. The van der Waals surface area contributed by atoms with Crippen molar-refractivity contribution in [1.82, 2.24) is 14.8 Å². The Morgan fingerprint density at radius 1 is 1.09 bits per heavy atom. The van der Waals surface area contributed by atoms with Gasteiger partial charge >= 0.3 is 0 Å². The van der Waals surface area contributed by atoms with E-state index in [1.54, 1.807) is 11.0 Å². The molecule has 0 atom stereocenters. The lowest BCUT2D eigenvalue weighted by molar-refractivity contribution is 0.684. The SMILES string of the molecule is N#Cc1ccc(/C=C/c2ccccc2)c(Cn2cncn2)c1. The third kappa shape index (κ3) is 3.28. The molecule has 0 unspecified atom stereocenters.